The van der Waals surface area contributed by atoms with Crippen LogP contribution in [0.15, 0.2) is 24.6 Å². The molecule has 0 radical (unpaired) electrons. The zero-order valence-corrected chi connectivity index (χ0v) is 5.64. The molecule has 0 fully saturated rings. The van der Waals surface area contributed by atoms with Crippen molar-refractivity contribution >= 4 is 5.78 Å². The van der Waals surface area contributed by atoms with Crippen LogP contribution in [0.5, 0.6) is 0 Å². The first-order valence-electron chi connectivity index (χ1n) is 3.25. The van der Waals surface area contributed by atoms with E-state index in [1.807, 2.05) is 0 Å². The number of allylic oxidation sites excluding steroid dienone is 3. The summed E-state index contributed by atoms with van der Waals surface area (Å²) in [6, 6.07) is 0. The second-order valence-corrected chi connectivity index (χ2v) is 2.42. The van der Waals surface area contributed by atoms with Gasteiger partial charge in [-0.05, 0) is 6.42 Å². The first-order valence-corrected chi connectivity index (χ1v) is 3.25. The van der Waals surface area contributed by atoms with E-state index >= 15 is 0 Å². The second kappa shape index (κ2) is 2.78. The van der Waals surface area contributed by atoms with E-state index in [-0.39, 0.29) is 23.9 Å². The molecular formula is C8H9FO. The summed E-state index contributed by atoms with van der Waals surface area (Å²) in [4.78, 5) is 10.8. The van der Waals surface area contributed by atoms with E-state index in [0.717, 1.165) is 6.08 Å². The SMILES string of the molecule is C=CCC1CC(F)=CC1=O. The first-order chi connectivity index (χ1) is 4.74. The van der Waals surface area contributed by atoms with E-state index in [1.54, 1.807) is 6.08 Å². The van der Waals surface area contributed by atoms with Gasteiger partial charge in [-0.1, -0.05) is 6.08 Å². The Morgan fingerprint density at radius 3 is 3.00 bits per heavy atom. The molecule has 0 aromatic carbocycles. The van der Waals surface area contributed by atoms with Gasteiger partial charge in [-0.25, -0.2) is 4.39 Å². The van der Waals surface area contributed by atoms with E-state index in [2.05, 4.69) is 6.58 Å². The molecule has 1 aliphatic carbocycles. The Labute approximate surface area is 59.2 Å². The van der Waals surface area contributed by atoms with E-state index in [0.29, 0.717) is 6.42 Å². The molecule has 1 nitrogen and oxygen atoms in total. The highest BCUT2D eigenvalue weighted by Crippen LogP contribution is 2.25. The van der Waals surface area contributed by atoms with Crippen LogP contribution in [-0.2, 0) is 4.79 Å². The number of carbonyl (C=O) groups is 1. The van der Waals surface area contributed by atoms with E-state index in [9.17, 15) is 9.18 Å². The fraction of sp³-hybridized carbons (Fsp3) is 0.375. The van der Waals surface area contributed by atoms with Gasteiger partial charge in [0.2, 0.25) is 0 Å². The third-order valence-corrected chi connectivity index (χ3v) is 1.59. The fourth-order valence-corrected chi connectivity index (χ4v) is 1.07. The van der Waals surface area contributed by atoms with Crippen LogP contribution >= 0.6 is 0 Å². The topological polar surface area (TPSA) is 17.1 Å². The maximum absolute atomic E-state index is 12.4. The average Bonchev–Trinajstić information content (AvgIpc) is 2.13. The highest BCUT2D eigenvalue weighted by molar-refractivity contribution is 5.94. The summed E-state index contributed by atoms with van der Waals surface area (Å²) in [5.74, 6) is -0.563. The van der Waals surface area contributed by atoms with Crippen molar-refractivity contribution in [2.75, 3.05) is 0 Å². The molecule has 0 N–H and O–H groups in total. The standard InChI is InChI=1S/C8H9FO/c1-2-3-6-4-7(9)5-8(6)10/h2,5-6H,1,3-4H2. The predicted octanol–water partition coefficient (Wildman–Crippen LogP) is 2.00. The van der Waals surface area contributed by atoms with Gasteiger partial charge in [0.05, 0.1) is 0 Å². The van der Waals surface area contributed by atoms with Crippen molar-refractivity contribution in [1.82, 2.24) is 0 Å². The number of ketones is 1. The lowest BCUT2D eigenvalue weighted by Crippen LogP contribution is -2.04. The van der Waals surface area contributed by atoms with Crippen LogP contribution in [0.3, 0.4) is 0 Å². The number of hydrogen-bond donors (Lipinski definition) is 0. The van der Waals surface area contributed by atoms with E-state index in [4.69, 9.17) is 0 Å². The molecule has 0 saturated heterocycles. The molecule has 0 heterocycles. The summed E-state index contributed by atoms with van der Waals surface area (Å²) >= 11 is 0. The van der Waals surface area contributed by atoms with Crippen molar-refractivity contribution in [3.63, 3.8) is 0 Å². The normalized spacial score (nSPS) is 24.7. The maximum atomic E-state index is 12.4. The van der Waals surface area contributed by atoms with Gasteiger partial charge in [-0.3, -0.25) is 4.79 Å². The van der Waals surface area contributed by atoms with Crippen LogP contribution in [0, 0.1) is 5.92 Å². The van der Waals surface area contributed by atoms with Gasteiger partial charge in [-0.15, -0.1) is 6.58 Å². The van der Waals surface area contributed by atoms with Crippen molar-refractivity contribution in [3.05, 3.63) is 24.6 Å². The van der Waals surface area contributed by atoms with Crippen molar-refractivity contribution in [2.45, 2.75) is 12.8 Å². The molecule has 0 aromatic heterocycles. The molecule has 0 saturated carbocycles. The van der Waals surface area contributed by atoms with Gasteiger partial charge < -0.3 is 0 Å². The molecule has 0 aliphatic heterocycles. The summed E-state index contributed by atoms with van der Waals surface area (Å²) in [5.41, 5.74) is 0. The third-order valence-electron chi connectivity index (χ3n) is 1.59. The quantitative estimate of drug-likeness (QED) is 0.536. The molecule has 1 unspecified atom stereocenters. The number of hydrogen-bond acceptors (Lipinski definition) is 1. The second-order valence-electron chi connectivity index (χ2n) is 2.42. The summed E-state index contributed by atoms with van der Waals surface area (Å²) in [7, 11) is 0. The lowest BCUT2D eigenvalue weighted by Gasteiger charge is -2.00. The Kier molecular flexibility index (Phi) is 2.00. The summed E-state index contributed by atoms with van der Waals surface area (Å²) in [6.07, 6.45) is 3.58. The van der Waals surface area contributed by atoms with Crippen molar-refractivity contribution in [2.24, 2.45) is 5.92 Å². The molecule has 1 aliphatic rings. The minimum Gasteiger partial charge on any atom is -0.294 e. The first kappa shape index (κ1) is 7.19. The van der Waals surface area contributed by atoms with Gasteiger partial charge in [-0.2, -0.15) is 0 Å². The minimum atomic E-state index is -0.295. The van der Waals surface area contributed by atoms with Crippen molar-refractivity contribution in [1.29, 1.82) is 0 Å². The van der Waals surface area contributed by atoms with Gasteiger partial charge in [0.1, 0.15) is 5.83 Å². The molecule has 10 heavy (non-hydrogen) atoms. The van der Waals surface area contributed by atoms with Crippen LogP contribution < -0.4 is 0 Å². The highest BCUT2D eigenvalue weighted by atomic mass is 19.1. The van der Waals surface area contributed by atoms with Gasteiger partial charge >= 0.3 is 0 Å². The number of carbonyl (C=O) groups excluding carboxylic acids is 1. The van der Waals surface area contributed by atoms with E-state index < -0.39 is 0 Å². The zero-order chi connectivity index (χ0) is 7.56. The monoisotopic (exact) mass is 140 g/mol. The Bertz CT molecular complexity index is 193. The Balaban J connectivity index is 2.55. The largest absolute Gasteiger partial charge is 0.294 e. The summed E-state index contributed by atoms with van der Waals surface area (Å²) in [5, 5.41) is 0. The minimum absolute atomic E-state index is 0.0996. The molecule has 0 aromatic rings. The smallest absolute Gasteiger partial charge is 0.162 e. The number of rotatable bonds is 2. The maximum Gasteiger partial charge on any atom is 0.162 e. The van der Waals surface area contributed by atoms with Crippen LogP contribution in [0.2, 0.25) is 0 Å². The Hall–Kier alpha value is -0.920. The number of halogens is 1. The average molecular weight is 140 g/mol. The van der Waals surface area contributed by atoms with Gasteiger partial charge in [0.25, 0.3) is 0 Å². The molecule has 54 valence electrons. The molecule has 0 spiro atoms. The zero-order valence-electron chi connectivity index (χ0n) is 5.64. The fourth-order valence-electron chi connectivity index (χ4n) is 1.07. The van der Waals surface area contributed by atoms with Crippen LogP contribution in [0.25, 0.3) is 0 Å². The highest BCUT2D eigenvalue weighted by Gasteiger charge is 2.23. The van der Waals surface area contributed by atoms with Crippen LogP contribution in [0.1, 0.15) is 12.8 Å². The Morgan fingerprint density at radius 2 is 2.60 bits per heavy atom. The van der Waals surface area contributed by atoms with Gasteiger partial charge in [0, 0.05) is 18.4 Å². The summed E-state index contributed by atoms with van der Waals surface area (Å²) in [6.45, 7) is 3.49. The Morgan fingerprint density at radius 1 is 1.90 bits per heavy atom. The molecule has 2 heteroatoms. The lowest BCUT2D eigenvalue weighted by molar-refractivity contribution is -0.117. The lowest BCUT2D eigenvalue weighted by atomic mass is 10.0. The van der Waals surface area contributed by atoms with Crippen molar-refractivity contribution in [3.8, 4) is 0 Å². The van der Waals surface area contributed by atoms with Crippen molar-refractivity contribution < 1.29 is 9.18 Å². The molecule has 0 amide bonds. The molecule has 0 bridgehead atoms. The predicted molar refractivity (Wildman–Crippen MR) is 37.1 cm³/mol. The van der Waals surface area contributed by atoms with E-state index in [1.165, 1.54) is 0 Å². The molecule has 1 atom stereocenters. The third kappa shape index (κ3) is 1.32. The van der Waals surface area contributed by atoms with Crippen LogP contribution in [-0.4, -0.2) is 5.78 Å². The summed E-state index contributed by atoms with van der Waals surface area (Å²) < 4.78 is 12.4. The van der Waals surface area contributed by atoms with Crippen LogP contribution in [0.4, 0.5) is 4.39 Å². The van der Waals surface area contributed by atoms with Gasteiger partial charge in [0.15, 0.2) is 5.78 Å². The molecular weight excluding hydrogens is 131 g/mol. The molecule has 1 rings (SSSR count).